The Kier molecular flexibility index (Phi) is 6.60. The van der Waals surface area contributed by atoms with Crippen LogP contribution in [0.3, 0.4) is 0 Å². The standard InChI is InChI=1S/C24H26N4O5SSi/c1-31-19-13-17(9-12-35(3,4)5)7-8-22(19)34(29,30)27-24-23-20(32-2)14-18(15-21(23)33-26-24)16-28-11-6-10-25-28/h6-8,10-11,13-15H,16H2,1-5H3,(H,26,27). The van der Waals surface area contributed by atoms with Crippen molar-refractivity contribution in [3.05, 3.63) is 59.9 Å². The van der Waals surface area contributed by atoms with Crippen molar-refractivity contribution in [1.29, 1.82) is 0 Å². The van der Waals surface area contributed by atoms with Crippen molar-refractivity contribution in [3.63, 3.8) is 0 Å². The number of aromatic nitrogens is 3. The van der Waals surface area contributed by atoms with E-state index in [4.69, 9.17) is 14.0 Å². The second-order valence-electron chi connectivity index (χ2n) is 8.88. The van der Waals surface area contributed by atoms with Gasteiger partial charge in [0.05, 0.1) is 20.8 Å². The van der Waals surface area contributed by atoms with Crippen LogP contribution in [0.2, 0.25) is 19.6 Å². The van der Waals surface area contributed by atoms with Gasteiger partial charge in [-0.15, -0.1) is 5.54 Å². The maximum absolute atomic E-state index is 13.3. The first-order chi connectivity index (χ1) is 16.6. The van der Waals surface area contributed by atoms with Crippen molar-refractivity contribution in [3.8, 4) is 23.0 Å². The van der Waals surface area contributed by atoms with Gasteiger partial charge in [-0.25, -0.2) is 8.42 Å². The number of hydrogen-bond acceptors (Lipinski definition) is 7. The molecule has 0 radical (unpaired) electrons. The summed E-state index contributed by atoms with van der Waals surface area (Å²) in [6.07, 6.45) is 3.53. The topological polar surface area (TPSA) is 108 Å². The monoisotopic (exact) mass is 510 g/mol. The SMILES string of the molecule is COc1cc(C#C[Si](C)(C)C)ccc1S(=O)(=O)Nc1noc2cc(Cn3cccn3)cc(OC)c12. The fraction of sp³-hybridized carbons (Fsp3) is 0.250. The van der Waals surface area contributed by atoms with Crippen molar-refractivity contribution >= 4 is 34.9 Å². The molecule has 0 aliphatic rings. The van der Waals surface area contributed by atoms with Crippen molar-refractivity contribution in [2.75, 3.05) is 18.9 Å². The molecule has 0 atom stereocenters. The lowest BCUT2D eigenvalue weighted by molar-refractivity contribution is 0.402. The minimum Gasteiger partial charge on any atom is -0.496 e. The number of hydrogen-bond donors (Lipinski definition) is 1. The first kappa shape index (κ1) is 24.4. The molecule has 2 aromatic heterocycles. The van der Waals surface area contributed by atoms with Crippen LogP contribution in [0.4, 0.5) is 5.82 Å². The number of benzene rings is 2. The Morgan fingerprint density at radius 3 is 2.54 bits per heavy atom. The fourth-order valence-corrected chi connectivity index (χ4v) is 5.08. The Morgan fingerprint density at radius 2 is 1.89 bits per heavy atom. The summed E-state index contributed by atoms with van der Waals surface area (Å²) in [6.45, 7) is 6.90. The maximum Gasteiger partial charge on any atom is 0.266 e. The van der Waals surface area contributed by atoms with Crippen LogP contribution in [0.15, 0.2) is 58.2 Å². The van der Waals surface area contributed by atoms with Crippen LogP contribution in [-0.4, -0.2) is 45.6 Å². The number of anilines is 1. The molecule has 0 bridgehead atoms. The van der Waals surface area contributed by atoms with Crippen molar-refractivity contribution in [1.82, 2.24) is 14.9 Å². The van der Waals surface area contributed by atoms with E-state index in [-0.39, 0.29) is 16.5 Å². The highest BCUT2D eigenvalue weighted by Crippen LogP contribution is 2.36. The molecule has 0 amide bonds. The largest absolute Gasteiger partial charge is 0.496 e. The minimum atomic E-state index is -4.06. The normalized spacial score (nSPS) is 11.7. The molecule has 0 fully saturated rings. The van der Waals surface area contributed by atoms with Gasteiger partial charge in [0, 0.05) is 18.0 Å². The Hall–Kier alpha value is -3.75. The lowest BCUT2D eigenvalue weighted by atomic mass is 10.1. The summed E-state index contributed by atoms with van der Waals surface area (Å²) in [7, 11) is -2.73. The minimum absolute atomic E-state index is 0.0205. The summed E-state index contributed by atoms with van der Waals surface area (Å²) in [5.41, 5.74) is 5.19. The second kappa shape index (κ2) is 9.48. The molecule has 0 aliphatic heterocycles. The average Bonchev–Trinajstić information content (AvgIpc) is 3.46. The highest BCUT2D eigenvalue weighted by Gasteiger charge is 2.25. The van der Waals surface area contributed by atoms with E-state index in [0.29, 0.717) is 28.8 Å². The highest BCUT2D eigenvalue weighted by atomic mass is 32.2. The molecule has 0 saturated carbocycles. The van der Waals surface area contributed by atoms with Crippen molar-refractivity contribution in [2.24, 2.45) is 0 Å². The predicted octanol–water partition coefficient (Wildman–Crippen LogP) is 4.12. The van der Waals surface area contributed by atoms with E-state index < -0.39 is 18.1 Å². The first-order valence-corrected chi connectivity index (χ1v) is 15.8. The molecule has 9 nitrogen and oxygen atoms in total. The third-order valence-electron chi connectivity index (χ3n) is 4.99. The zero-order valence-electron chi connectivity index (χ0n) is 20.1. The van der Waals surface area contributed by atoms with E-state index in [0.717, 1.165) is 5.56 Å². The molecule has 0 saturated heterocycles. The molecule has 182 valence electrons. The van der Waals surface area contributed by atoms with E-state index in [2.05, 4.69) is 46.1 Å². The van der Waals surface area contributed by atoms with Crippen LogP contribution in [-0.2, 0) is 16.6 Å². The van der Waals surface area contributed by atoms with Gasteiger partial charge in [-0.05, 0) is 42.0 Å². The van der Waals surface area contributed by atoms with Crippen LogP contribution in [0, 0.1) is 11.5 Å². The third kappa shape index (κ3) is 5.50. The molecule has 4 aromatic rings. The number of nitrogens with zero attached hydrogens (tertiary/aromatic N) is 3. The lowest BCUT2D eigenvalue weighted by Crippen LogP contribution is -2.16. The van der Waals surface area contributed by atoms with Gasteiger partial charge in [-0.3, -0.25) is 9.40 Å². The molecule has 11 heteroatoms. The summed E-state index contributed by atoms with van der Waals surface area (Å²) in [5.74, 6) is 3.74. The van der Waals surface area contributed by atoms with E-state index in [9.17, 15) is 8.42 Å². The number of methoxy groups -OCH3 is 2. The van der Waals surface area contributed by atoms with Gasteiger partial charge in [0.1, 0.15) is 29.9 Å². The van der Waals surface area contributed by atoms with Crippen LogP contribution in [0.25, 0.3) is 11.0 Å². The first-order valence-electron chi connectivity index (χ1n) is 10.8. The van der Waals surface area contributed by atoms with Crippen molar-refractivity contribution < 1.29 is 22.4 Å². The van der Waals surface area contributed by atoms with Gasteiger partial charge in [0.2, 0.25) is 0 Å². The Balaban J connectivity index is 1.68. The molecule has 0 aliphatic carbocycles. The molecule has 1 N–H and O–H groups in total. The maximum atomic E-state index is 13.3. The summed E-state index contributed by atoms with van der Waals surface area (Å²) >= 11 is 0. The van der Waals surface area contributed by atoms with Gasteiger partial charge < -0.3 is 14.0 Å². The van der Waals surface area contributed by atoms with Gasteiger partial charge in [-0.1, -0.05) is 30.7 Å². The fourth-order valence-electron chi connectivity index (χ4n) is 3.40. The van der Waals surface area contributed by atoms with Gasteiger partial charge in [0.15, 0.2) is 11.4 Å². The average molecular weight is 511 g/mol. The second-order valence-corrected chi connectivity index (χ2v) is 15.3. The smallest absolute Gasteiger partial charge is 0.266 e. The van der Waals surface area contributed by atoms with E-state index >= 15 is 0 Å². The Bertz CT molecular complexity index is 1530. The number of sulfonamides is 1. The van der Waals surface area contributed by atoms with Gasteiger partial charge in [-0.2, -0.15) is 5.10 Å². The number of fused-ring (bicyclic) bond motifs is 1. The number of ether oxygens (including phenoxy) is 2. The Morgan fingerprint density at radius 1 is 1.11 bits per heavy atom. The lowest BCUT2D eigenvalue weighted by Gasteiger charge is -2.12. The summed E-state index contributed by atoms with van der Waals surface area (Å²) in [6, 6.07) is 10.1. The third-order valence-corrected chi connectivity index (χ3v) is 7.24. The van der Waals surface area contributed by atoms with Crippen LogP contribution >= 0.6 is 0 Å². The van der Waals surface area contributed by atoms with Crippen LogP contribution < -0.4 is 14.2 Å². The summed E-state index contributed by atoms with van der Waals surface area (Å²) in [4.78, 5) is -0.0380. The molecule has 0 spiro atoms. The molecular weight excluding hydrogens is 484 g/mol. The molecule has 0 unspecified atom stereocenters. The van der Waals surface area contributed by atoms with Gasteiger partial charge in [0.25, 0.3) is 10.0 Å². The zero-order chi connectivity index (χ0) is 25.2. The quantitative estimate of drug-likeness (QED) is 0.294. The molecule has 2 aromatic carbocycles. The van der Waals surface area contributed by atoms with Crippen LogP contribution in [0.1, 0.15) is 11.1 Å². The van der Waals surface area contributed by atoms with Crippen molar-refractivity contribution in [2.45, 2.75) is 31.1 Å². The number of nitrogens with one attached hydrogen (secondary N) is 1. The summed E-state index contributed by atoms with van der Waals surface area (Å²) in [5, 5.41) is 8.57. The van der Waals surface area contributed by atoms with E-state index in [1.54, 1.807) is 35.1 Å². The zero-order valence-corrected chi connectivity index (χ0v) is 21.9. The predicted molar refractivity (Wildman–Crippen MR) is 136 cm³/mol. The van der Waals surface area contributed by atoms with E-state index in [1.165, 1.54) is 20.3 Å². The highest BCUT2D eigenvalue weighted by molar-refractivity contribution is 7.92. The molecule has 4 rings (SSSR count). The molecule has 2 heterocycles. The Labute approximate surface area is 205 Å². The molecule has 35 heavy (non-hydrogen) atoms. The van der Waals surface area contributed by atoms with E-state index in [1.807, 2.05) is 12.3 Å². The number of rotatable bonds is 7. The van der Waals surface area contributed by atoms with Crippen LogP contribution in [0.5, 0.6) is 11.5 Å². The van der Waals surface area contributed by atoms with Gasteiger partial charge >= 0.3 is 0 Å². The summed E-state index contributed by atoms with van der Waals surface area (Å²) < 4.78 is 47.1. The molecular formula is C24H26N4O5SSi.